The molecule has 0 atom stereocenters. The van der Waals surface area contributed by atoms with Crippen LogP contribution in [-0.4, -0.2) is 15.7 Å². The van der Waals surface area contributed by atoms with Crippen LogP contribution in [0.5, 0.6) is 0 Å². The average Bonchev–Trinajstić information content (AvgIpc) is 2.97. The number of benzene rings is 2. The number of rotatable bonds is 4. The first kappa shape index (κ1) is 20.3. The first-order chi connectivity index (χ1) is 13.8. The van der Waals surface area contributed by atoms with Crippen LogP contribution in [0.1, 0.15) is 22.4 Å². The summed E-state index contributed by atoms with van der Waals surface area (Å²) in [7, 11) is 0. The molecule has 0 aliphatic carbocycles. The highest BCUT2D eigenvalue weighted by molar-refractivity contribution is 6.31. The Morgan fingerprint density at radius 3 is 2.38 bits per heavy atom. The summed E-state index contributed by atoms with van der Waals surface area (Å²) in [5, 5.41) is 16.9. The van der Waals surface area contributed by atoms with E-state index >= 15 is 0 Å². The molecule has 7 heteroatoms. The van der Waals surface area contributed by atoms with Crippen molar-refractivity contribution < 1.29 is 9.18 Å². The number of halogens is 2. The summed E-state index contributed by atoms with van der Waals surface area (Å²) in [4.78, 5) is 12.7. The fraction of sp³-hybridized carbons (Fsp3) is 0.136. The molecule has 0 aliphatic rings. The van der Waals surface area contributed by atoms with E-state index in [0.717, 1.165) is 11.1 Å². The topological polar surface area (TPSA) is 70.7 Å². The monoisotopic (exact) mass is 408 g/mol. The van der Waals surface area contributed by atoms with Crippen LogP contribution in [-0.2, 0) is 4.79 Å². The zero-order valence-electron chi connectivity index (χ0n) is 16.1. The number of anilines is 1. The Labute approximate surface area is 173 Å². The van der Waals surface area contributed by atoms with Gasteiger partial charge >= 0.3 is 0 Å². The smallest absolute Gasteiger partial charge is 0.266 e. The summed E-state index contributed by atoms with van der Waals surface area (Å²) < 4.78 is 14.6. The second-order valence-corrected chi connectivity index (χ2v) is 6.93. The number of amides is 1. The van der Waals surface area contributed by atoms with Crippen LogP contribution in [0.25, 0.3) is 11.8 Å². The van der Waals surface area contributed by atoms with E-state index < -0.39 is 5.91 Å². The normalized spacial score (nSPS) is 11.2. The zero-order valence-corrected chi connectivity index (χ0v) is 16.9. The molecule has 146 valence electrons. The van der Waals surface area contributed by atoms with Gasteiger partial charge in [-0.1, -0.05) is 29.8 Å². The SMILES string of the molecule is Cc1cccc(C)c1NC(=O)/C(C#N)=C/c1c(C)nn(-c2ccc(F)cc2)c1Cl. The van der Waals surface area contributed by atoms with Crippen molar-refractivity contribution in [2.24, 2.45) is 0 Å². The molecule has 3 aromatic rings. The number of nitrogens with zero attached hydrogens (tertiary/aromatic N) is 3. The fourth-order valence-corrected chi connectivity index (χ4v) is 3.24. The van der Waals surface area contributed by atoms with Crippen LogP contribution in [0.3, 0.4) is 0 Å². The third kappa shape index (κ3) is 4.20. The molecule has 0 aliphatic heterocycles. The Morgan fingerprint density at radius 1 is 1.17 bits per heavy atom. The molecular formula is C22H18ClFN4O. The quantitative estimate of drug-likeness (QED) is 0.480. The number of hydrogen-bond donors (Lipinski definition) is 1. The number of carbonyl (C=O) groups is 1. The highest BCUT2D eigenvalue weighted by Gasteiger charge is 2.17. The van der Waals surface area contributed by atoms with E-state index in [2.05, 4.69) is 10.4 Å². The lowest BCUT2D eigenvalue weighted by molar-refractivity contribution is -0.112. The lowest BCUT2D eigenvalue weighted by atomic mass is 10.1. The van der Waals surface area contributed by atoms with Crippen molar-refractivity contribution in [3.8, 4) is 11.8 Å². The summed E-state index contributed by atoms with van der Waals surface area (Å²) in [6.07, 6.45) is 1.41. The van der Waals surface area contributed by atoms with Gasteiger partial charge in [-0.05, 0) is 62.2 Å². The van der Waals surface area contributed by atoms with E-state index in [0.29, 0.717) is 22.6 Å². The van der Waals surface area contributed by atoms with Crippen molar-refractivity contribution in [3.63, 3.8) is 0 Å². The average molecular weight is 409 g/mol. The molecule has 29 heavy (non-hydrogen) atoms. The molecule has 5 nitrogen and oxygen atoms in total. The van der Waals surface area contributed by atoms with Crippen molar-refractivity contribution in [3.05, 3.63) is 81.4 Å². The van der Waals surface area contributed by atoms with Crippen molar-refractivity contribution >= 4 is 29.3 Å². The van der Waals surface area contributed by atoms with E-state index in [-0.39, 0.29) is 16.5 Å². The van der Waals surface area contributed by atoms with Gasteiger partial charge in [0.25, 0.3) is 5.91 Å². The van der Waals surface area contributed by atoms with Crippen LogP contribution in [0.15, 0.2) is 48.0 Å². The summed E-state index contributed by atoms with van der Waals surface area (Å²) in [6.45, 7) is 5.48. The van der Waals surface area contributed by atoms with Crippen LogP contribution < -0.4 is 5.32 Å². The summed E-state index contributed by atoms with van der Waals surface area (Å²) in [5.74, 6) is -0.904. The highest BCUT2D eigenvalue weighted by atomic mass is 35.5. The molecule has 0 saturated heterocycles. The molecule has 2 aromatic carbocycles. The number of carbonyl (C=O) groups excluding carboxylic acids is 1. The Kier molecular flexibility index (Phi) is 5.81. The molecule has 0 unspecified atom stereocenters. The molecule has 0 bridgehead atoms. The van der Waals surface area contributed by atoms with Crippen molar-refractivity contribution in [1.29, 1.82) is 5.26 Å². The largest absolute Gasteiger partial charge is 0.321 e. The molecular weight excluding hydrogens is 391 g/mol. The van der Waals surface area contributed by atoms with Crippen LogP contribution in [0.2, 0.25) is 5.15 Å². The van der Waals surface area contributed by atoms with Gasteiger partial charge in [0, 0.05) is 11.3 Å². The molecule has 1 N–H and O–H groups in total. The molecule has 1 aromatic heterocycles. The van der Waals surface area contributed by atoms with Gasteiger partial charge in [-0.3, -0.25) is 4.79 Å². The molecule has 0 fully saturated rings. The van der Waals surface area contributed by atoms with Crippen LogP contribution >= 0.6 is 11.6 Å². The maximum absolute atomic E-state index is 13.2. The second kappa shape index (κ2) is 8.29. The van der Waals surface area contributed by atoms with Crippen molar-refractivity contribution in [2.45, 2.75) is 20.8 Å². The Morgan fingerprint density at radius 2 is 1.79 bits per heavy atom. The Hall–Kier alpha value is -3.43. The minimum atomic E-state index is -0.533. The van der Waals surface area contributed by atoms with Gasteiger partial charge in [0.15, 0.2) is 0 Å². The standard InChI is InChI=1S/C22H18ClFN4O/c1-13-5-4-6-14(2)20(13)26-22(29)16(12-25)11-19-15(3)27-28(21(19)23)18-9-7-17(24)8-10-18/h4-11H,1-3H3,(H,26,29)/b16-11+. The van der Waals surface area contributed by atoms with Gasteiger partial charge < -0.3 is 5.32 Å². The van der Waals surface area contributed by atoms with Crippen molar-refractivity contribution in [2.75, 3.05) is 5.32 Å². The minimum Gasteiger partial charge on any atom is -0.321 e. The molecule has 0 saturated carbocycles. The van der Waals surface area contributed by atoms with E-state index in [4.69, 9.17) is 11.6 Å². The number of hydrogen-bond acceptors (Lipinski definition) is 3. The summed E-state index contributed by atoms with van der Waals surface area (Å²) >= 11 is 6.44. The Balaban J connectivity index is 1.96. The van der Waals surface area contributed by atoms with Gasteiger partial charge in [0.05, 0.1) is 11.4 Å². The van der Waals surface area contributed by atoms with Gasteiger partial charge in [0.2, 0.25) is 0 Å². The van der Waals surface area contributed by atoms with E-state index in [1.165, 1.54) is 22.9 Å². The summed E-state index contributed by atoms with van der Waals surface area (Å²) in [5.41, 5.74) is 3.91. The Bertz CT molecular complexity index is 1140. The maximum atomic E-state index is 13.2. The maximum Gasteiger partial charge on any atom is 0.266 e. The third-order valence-corrected chi connectivity index (χ3v) is 4.86. The zero-order chi connectivity index (χ0) is 21.1. The number of aromatic nitrogens is 2. The number of aryl methyl sites for hydroxylation is 3. The van der Waals surface area contributed by atoms with Crippen LogP contribution in [0.4, 0.5) is 10.1 Å². The second-order valence-electron chi connectivity index (χ2n) is 6.57. The molecule has 1 heterocycles. The van der Waals surface area contributed by atoms with E-state index in [1.54, 1.807) is 19.1 Å². The van der Waals surface area contributed by atoms with Gasteiger partial charge in [-0.2, -0.15) is 10.4 Å². The molecule has 0 spiro atoms. The molecule has 1 amide bonds. The highest BCUT2D eigenvalue weighted by Crippen LogP contribution is 2.27. The predicted octanol–water partition coefficient (Wildman–Crippen LogP) is 5.14. The van der Waals surface area contributed by atoms with Crippen molar-refractivity contribution in [1.82, 2.24) is 9.78 Å². The number of nitrogens with one attached hydrogen (secondary N) is 1. The van der Waals surface area contributed by atoms with Gasteiger partial charge in [-0.15, -0.1) is 0 Å². The predicted molar refractivity (Wildman–Crippen MR) is 111 cm³/mol. The van der Waals surface area contributed by atoms with Crippen LogP contribution in [0, 0.1) is 37.9 Å². The van der Waals surface area contributed by atoms with E-state index in [1.807, 2.05) is 38.1 Å². The van der Waals surface area contributed by atoms with Gasteiger partial charge in [0.1, 0.15) is 22.6 Å². The van der Waals surface area contributed by atoms with E-state index in [9.17, 15) is 14.4 Å². The summed E-state index contributed by atoms with van der Waals surface area (Å²) in [6, 6.07) is 13.3. The molecule has 3 rings (SSSR count). The van der Waals surface area contributed by atoms with Gasteiger partial charge in [-0.25, -0.2) is 9.07 Å². The lowest BCUT2D eigenvalue weighted by Gasteiger charge is -2.10. The fourth-order valence-electron chi connectivity index (χ4n) is 2.91. The lowest BCUT2D eigenvalue weighted by Crippen LogP contribution is -2.15. The molecule has 0 radical (unpaired) electrons. The minimum absolute atomic E-state index is 0.101. The third-order valence-electron chi connectivity index (χ3n) is 4.49. The number of nitriles is 1. The first-order valence-electron chi connectivity index (χ1n) is 8.82. The first-order valence-corrected chi connectivity index (χ1v) is 9.20. The number of para-hydroxylation sites is 1.